The van der Waals surface area contributed by atoms with Crippen molar-refractivity contribution in [3.05, 3.63) is 0 Å². The molecule has 1 saturated heterocycles. The summed E-state index contributed by atoms with van der Waals surface area (Å²) >= 11 is 1.90. The normalized spacial score (nSPS) is 19.4. The van der Waals surface area contributed by atoms with E-state index in [-0.39, 0.29) is 0 Å². The number of rotatable bonds is 0. The van der Waals surface area contributed by atoms with Crippen LogP contribution < -0.4 is 0 Å². The van der Waals surface area contributed by atoms with Crippen molar-refractivity contribution >= 4 is 17.6 Å². The Morgan fingerprint density at radius 1 is 1.75 bits per heavy atom. The van der Waals surface area contributed by atoms with Crippen molar-refractivity contribution in [2.45, 2.75) is 6.92 Å². The second-order valence-corrected chi connectivity index (χ2v) is 2.96. The van der Waals surface area contributed by atoms with E-state index >= 15 is 0 Å². The average Bonchev–Trinajstić information content (AvgIpc) is 2.12. The lowest BCUT2D eigenvalue weighted by Crippen LogP contribution is -2.23. The molecule has 1 aliphatic heterocycles. The molecule has 1 aliphatic rings. The van der Waals surface area contributed by atoms with Crippen LogP contribution in [0.15, 0.2) is 0 Å². The van der Waals surface area contributed by atoms with Gasteiger partial charge < -0.3 is 4.90 Å². The SMILES string of the molecule is CC(=N)N1CCSC1. The van der Waals surface area contributed by atoms with Gasteiger partial charge in [-0.25, -0.2) is 0 Å². The largest absolute Gasteiger partial charge is 0.351 e. The summed E-state index contributed by atoms with van der Waals surface area (Å²) < 4.78 is 0. The first kappa shape index (κ1) is 5.95. The molecule has 1 rings (SSSR count). The van der Waals surface area contributed by atoms with Crippen LogP contribution in [-0.2, 0) is 0 Å². The summed E-state index contributed by atoms with van der Waals surface area (Å²) in [7, 11) is 0. The van der Waals surface area contributed by atoms with Crippen LogP contribution >= 0.6 is 11.8 Å². The predicted octanol–water partition coefficient (Wildman–Crippen LogP) is 0.990. The highest BCUT2D eigenvalue weighted by Gasteiger charge is 2.10. The highest BCUT2D eigenvalue weighted by molar-refractivity contribution is 7.99. The van der Waals surface area contributed by atoms with Crippen molar-refractivity contribution in [3.8, 4) is 0 Å². The van der Waals surface area contributed by atoms with Crippen LogP contribution in [-0.4, -0.2) is 28.9 Å². The Bertz CT molecular complexity index is 96.6. The molecule has 0 saturated carbocycles. The molecule has 46 valence electrons. The van der Waals surface area contributed by atoms with Crippen LogP contribution in [0.1, 0.15) is 6.92 Å². The van der Waals surface area contributed by atoms with E-state index in [2.05, 4.69) is 4.90 Å². The van der Waals surface area contributed by atoms with Gasteiger partial charge in [0, 0.05) is 12.3 Å². The Balaban J connectivity index is 2.35. The number of thioether (sulfide) groups is 1. The predicted molar refractivity (Wildman–Crippen MR) is 37.4 cm³/mol. The summed E-state index contributed by atoms with van der Waals surface area (Å²) in [5, 5.41) is 7.20. The molecule has 1 fully saturated rings. The Morgan fingerprint density at radius 2 is 2.50 bits per heavy atom. The third-order valence-corrected chi connectivity index (χ3v) is 2.19. The van der Waals surface area contributed by atoms with Gasteiger partial charge in [-0.05, 0) is 6.92 Å². The second kappa shape index (κ2) is 2.40. The lowest BCUT2D eigenvalue weighted by molar-refractivity contribution is 0.536. The van der Waals surface area contributed by atoms with Crippen molar-refractivity contribution in [1.82, 2.24) is 4.90 Å². The molecule has 0 aliphatic carbocycles. The van der Waals surface area contributed by atoms with E-state index in [0.717, 1.165) is 12.4 Å². The van der Waals surface area contributed by atoms with E-state index in [1.807, 2.05) is 18.7 Å². The molecule has 0 unspecified atom stereocenters. The average molecular weight is 130 g/mol. The van der Waals surface area contributed by atoms with E-state index in [4.69, 9.17) is 5.41 Å². The zero-order valence-electron chi connectivity index (χ0n) is 4.98. The van der Waals surface area contributed by atoms with Crippen LogP contribution in [0.4, 0.5) is 0 Å². The van der Waals surface area contributed by atoms with Crippen molar-refractivity contribution in [2.24, 2.45) is 0 Å². The van der Waals surface area contributed by atoms with Crippen molar-refractivity contribution in [1.29, 1.82) is 5.41 Å². The van der Waals surface area contributed by atoms with Crippen molar-refractivity contribution < 1.29 is 0 Å². The van der Waals surface area contributed by atoms with Gasteiger partial charge in [-0.15, -0.1) is 11.8 Å². The molecular weight excluding hydrogens is 120 g/mol. The lowest BCUT2D eigenvalue weighted by Gasteiger charge is -2.12. The van der Waals surface area contributed by atoms with Gasteiger partial charge in [0.1, 0.15) is 0 Å². The monoisotopic (exact) mass is 130 g/mol. The number of hydrogen-bond acceptors (Lipinski definition) is 2. The summed E-state index contributed by atoms with van der Waals surface area (Å²) in [6.45, 7) is 2.91. The van der Waals surface area contributed by atoms with E-state index in [1.54, 1.807) is 0 Å². The van der Waals surface area contributed by atoms with Gasteiger partial charge in [-0.2, -0.15) is 0 Å². The minimum atomic E-state index is 0.704. The summed E-state index contributed by atoms with van der Waals surface area (Å²) in [5.74, 6) is 2.92. The summed E-state index contributed by atoms with van der Waals surface area (Å²) in [6.07, 6.45) is 0. The molecule has 2 nitrogen and oxygen atoms in total. The molecule has 1 heterocycles. The van der Waals surface area contributed by atoms with Gasteiger partial charge >= 0.3 is 0 Å². The van der Waals surface area contributed by atoms with Gasteiger partial charge in [0.05, 0.1) is 11.7 Å². The molecule has 0 spiro atoms. The molecule has 0 amide bonds. The number of hydrogen-bond donors (Lipinski definition) is 1. The molecule has 1 N–H and O–H groups in total. The molecule has 0 bridgehead atoms. The van der Waals surface area contributed by atoms with Crippen LogP contribution in [0, 0.1) is 5.41 Å². The highest BCUT2D eigenvalue weighted by Crippen LogP contribution is 2.12. The molecule has 0 atom stereocenters. The molecule has 0 aromatic heterocycles. The van der Waals surface area contributed by atoms with Crippen LogP contribution in [0.3, 0.4) is 0 Å². The van der Waals surface area contributed by atoms with Crippen LogP contribution in [0.2, 0.25) is 0 Å². The summed E-state index contributed by atoms with van der Waals surface area (Å²) in [6, 6.07) is 0. The standard InChI is InChI=1S/C5H10N2S/c1-5(6)7-2-3-8-4-7/h6H,2-4H2,1H3. The fourth-order valence-electron chi connectivity index (χ4n) is 0.679. The number of nitrogens with zero attached hydrogens (tertiary/aromatic N) is 1. The third kappa shape index (κ3) is 1.15. The van der Waals surface area contributed by atoms with E-state index < -0.39 is 0 Å². The number of nitrogens with one attached hydrogen (secondary N) is 1. The first-order chi connectivity index (χ1) is 3.80. The Hall–Kier alpha value is -0.180. The Labute approximate surface area is 53.8 Å². The fraction of sp³-hybridized carbons (Fsp3) is 0.800. The van der Waals surface area contributed by atoms with Crippen molar-refractivity contribution in [2.75, 3.05) is 18.2 Å². The molecule has 0 aromatic rings. The maximum Gasteiger partial charge on any atom is 0.0932 e. The zero-order valence-corrected chi connectivity index (χ0v) is 5.79. The second-order valence-electron chi connectivity index (χ2n) is 1.89. The minimum absolute atomic E-state index is 0.704. The number of amidine groups is 1. The van der Waals surface area contributed by atoms with E-state index in [9.17, 15) is 0 Å². The third-order valence-electron chi connectivity index (χ3n) is 1.23. The maximum absolute atomic E-state index is 7.20. The van der Waals surface area contributed by atoms with E-state index in [1.165, 1.54) is 5.75 Å². The molecule has 3 heteroatoms. The molecular formula is C5H10N2S. The van der Waals surface area contributed by atoms with Crippen LogP contribution in [0.5, 0.6) is 0 Å². The molecule has 0 aromatic carbocycles. The highest BCUT2D eigenvalue weighted by atomic mass is 32.2. The van der Waals surface area contributed by atoms with Gasteiger partial charge in [0.25, 0.3) is 0 Å². The Morgan fingerprint density at radius 3 is 2.75 bits per heavy atom. The van der Waals surface area contributed by atoms with Crippen LogP contribution in [0.25, 0.3) is 0 Å². The summed E-state index contributed by atoms with van der Waals surface area (Å²) in [5.41, 5.74) is 0. The fourth-order valence-corrected chi connectivity index (χ4v) is 1.70. The minimum Gasteiger partial charge on any atom is -0.351 e. The van der Waals surface area contributed by atoms with Gasteiger partial charge in [0.15, 0.2) is 0 Å². The van der Waals surface area contributed by atoms with Gasteiger partial charge in [0.2, 0.25) is 0 Å². The lowest BCUT2D eigenvalue weighted by atomic mass is 10.5. The Kier molecular flexibility index (Phi) is 1.78. The first-order valence-electron chi connectivity index (χ1n) is 2.68. The van der Waals surface area contributed by atoms with E-state index in [0.29, 0.717) is 5.84 Å². The molecule has 0 radical (unpaired) electrons. The van der Waals surface area contributed by atoms with Gasteiger partial charge in [-0.1, -0.05) is 0 Å². The smallest absolute Gasteiger partial charge is 0.0932 e. The quantitative estimate of drug-likeness (QED) is 0.391. The topological polar surface area (TPSA) is 27.1 Å². The van der Waals surface area contributed by atoms with Gasteiger partial charge in [-0.3, -0.25) is 5.41 Å². The molecule has 8 heavy (non-hydrogen) atoms. The summed E-state index contributed by atoms with van der Waals surface area (Å²) in [4.78, 5) is 2.07. The maximum atomic E-state index is 7.20. The first-order valence-corrected chi connectivity index (χ1v) is 3.84. The zero-order chi connectivity index (χ0) is 5.98. The van der Waals surface area contributed by atoms with Crippen molar-refractivity contribution in [3.63, 3.8) is 0 Å².